The SMILES string of the molecule is CCCCCN1/C(=C/C=C2\CCC(/C=C/C3=[N+](CCCCC)c4ccc5ccccc5c4C3(C)C)=C2Oc2cccc(N(CC)c3cccc(O)c3)c2)C(C)(C)c2c1ccc1ccccc21. The van der Waals surface area contributed by atoms with E-state index in [2.05, 4.69) is 184 Å². The summed E-state index contributed by atoms with van der Waals surface area (Å²) in [4.78, 5) is 4.81. The van der Waals surface area contributed by atoms with E-state index in [0.717, 1.165) is 68.2 Å². The van der Waals surface area contributed by atoms with Gasteiger partial charge in [-0.05, 0) is 133 Å². The summed E-state index contributed by atoms with van der Waals surface area (Å²) in [5.74, 6) is 1.99. The molecule has 0 spiro atoms. The highest BCUT2D eigenvalue weighted by Gasteiger charge is 2.46. The molecule has 3 aliphatic rings. The zero-order valence-electron chi connectivity index (χ0n) is 40.3. The van der Waals surface area contributed by atoms with Crippen LogP contribution in [0, 0.1) is 0 Å². The molecule has 0 fully saturated rings. The van der Waals surface area contributed by atoms with Crippen molar-refractivity contribution in [3.63, 3.8) is 0 Å². The molecule has 0 aromatic heterocycles. The first kappa shape index (κ1) is 44.9. The van der Waals surface area contributed by atoms with Gasteiger partial charge in [0.1, 0.15) is 23.8 Å². The van der Waals surface area contributed by atoms with Gasteiger partial charge in [0.25, 0.3) is 0 Å². The lowest BCUT2D eigenvalue weighted by molar-refractivity contribution is -0.438. The average molecular weight is 875 g/mol. The molecule has 6 aromatic carbocycles. The van der Waals surface area contributed by atoms with E-state index >= 15 is 0 Å². The molecule has 9 rings (SSSR count). The van der Waals surface area contributed by atoms with Crippen LogP contribution in [0.1, 0.15) is 111 Å². The van der Waals surface area contributed by atoms with Gasteiger partial charge in [-0.2, -0.15) is 4.58 Å². The lowest BCUT2D eigenvalue weighted by Gasteiger charge is -2.27. The van der Waals surface area contributed by atoms with Crippen molar-refractivity contribution in [3.05, 3.63) is 179 Å². The van der Waals surface area contributed by atoms with Gasteiger partial charge >= 0.3 is 0 Å². The number of benzene rings is 6. The van der Waals surface area contributed by atoms with Gasteiger partial charge in [0, 0.05) is 77.5 Å². The number of hydrogen-bond acceptors (Lipinski definition) is 4. The molecule has 338 valence electrons. The summed E-state index contributed by atoms with van der Waals surface area (Å²) in [5, 5.41) is 15.6. The molecule has 0 radical (unpaired) electrons. The van der Waals surface area contributed by atoms with Crippen LogP contribution in [0.2, 0.25) is 0 Å². The van der Waals surface area contributed by atoms with Gasteiger partial charge in [0.05, 0.1) is 5.41 Å². The Bertz CT molecular complexity index is 2940. The molecule has 66 heavy (non-hydrogen) atoms. The van der Waals surface area contributed by atoms with Crippen LogP contribution in [0.4, 0.5) is 22.7 Å². The highest BCUT2D eigenvalue weighted by molar-refractivity contribution is 6.08. The maximum absolute atomic E-state index is 10.4. The van der Waals surface area contributed by atoms with E-state index < -0.39 is 0 Å². The summed E-state index contributed by atoms with van der Waals surface area (Å²) in [6.45, 7) is 19.1. The lowest BCUT2D eigenvalue weighted by Crippen LogP contribution is -2.28. The minimum atomic E-state index is -0.194. The van der Waals surface area contributed by atoms with Crippen molar-refractivity contribution in [2.75, 3.05) is 29.4 Å². The van der Waals surface area contributed by atoms with E-state index in [1.54, 1.807) is 6.07 Å². The molecule has 0 unspecified atom stereocenters. The molecule has 0 atom stereocenters. The van der Waals surface area contributed by atoms with E-state index in [1.165, 1.54) is 92.3 Å². The van der Waals surface area contributed by atoms with Gasteiger partial charge in [-0.15, -0.1) is 0 Å². The number of nitrogens with zero attached hydrogens (tertiary/aromatic N) is 3. The van der Waals surface area contributed by atoms with Crippen molar-refractivity contribution in [2.45, 2.75) is 111 Å². The topological polar surface area (TPSA) is 39.0 Å². The summed E-state index contributed by atoms with van der Waals surface area (Å²) in [6, 6.07) is 42.9. The van der Waals surface area contributed by atoms with Crippen molar-refractivity contribution in [1.82, 2.24) is 0 Å². The Morgan fingerprint density at radius 2 is 1.35 bits per heavy atom. The van der Waals surface area contributed by atoms with Gasteiger partial charge in [-0.25, -0.2) is 0 Å². The molecule has 0 amide bonds. The zero-order valence-corrected chi connectivity index (χ0v) is 40.3. The van der Waals surface area contributed by atoms with Gasteiger partial charge in [-0.3, -0.25) is 0 Å². The summed E-state index contributed by atoms with van der Waals surface area (Å²) in [6.07, 6.45) is 18.4. The van der Waals surface area contributed by atoms with E-state index in [0.29, 0.717) is 0 Å². The Kier molecular flexibility index (Phi) is 12.8. The number of hydrogen-bond donors (Lipinski definition) is 1. The van der Waals surface area contributed by atoms with Gasteiger partial charge < -0.3 is 19.6 Å². The second-order valence-electron chi connectivity index (χ2n) is 19.5. The number of anilines is 3. The third-order valence-electron chi connectivity index (χ3n) is 14.4. The molecule has 5 nitrogen and oxygen atoms in total. The van der Waals surface area contributed by atoms with Crippen molar-refractivity contribution in [2.24, 2.45) is 0 Å². The Labute approximate surface area is 393 Å². The molecule has 0 saturated heterocycles. The van der Waals surface area contributed by atoms with Crippen molar-refractivity contribution >= 4 is 50.0 Å². The smallest absolute Gasteiger partial charge is 0.210 e. The second kappa shape index (κ2) is 18.9. The van der Waals surface area contributed by atoms with Crippen LogP contribution in [0.25, 0.3) is 21.5 Å². The van der Waals surface area contributed by atoms with Gasteiger partial charge in [-0.1, -0.05) is 120 Å². The maximum Gasteiger partial charge on any atom is 0.210 e. The normalized spacial score (nSPS) is 17.6. The maximum atomic E-state index is 10.4. The monoisotopic (exact) mass is 875 g/mol. The Morgan fingerprint density at radius 1 is 0.667 bits per heavy atom. The fraction of sp³-hybridized carbons (Fsp3) is 0.328. The van der Waals surface area contributed by atoms with E-state index in [-0.39, 0.29) is 16.6 Å². The largest absolute Gasteiger partial charge is 0.508 e. The van der Waals surface area contributed by atoms with Crippen LogP contribution in [-0.4, -0.2) is 35.0 Å². The molecule has 2 heterocycles. The minimum Gasteiger partial charge on any atom is -0.508 e. The van der Waals surface area contributed by atoms with E-state index in [1.807, 2.05) is 18.2 Å². The Hall–Kier alpha value is -6.33. The van der Waals surface area contributed by atoms with Crippen molar-refractivity contribution in [3.8, 4) is 11.5 Å². The number of rotatable bonds is 16. The molecule has 2 aliphatic heterocycles. The van der Waals surface area contributed by atoms with Crippen LogP contribution >= 0.6 is 0 Å². The van der Waals surface area contributed by atoms with Gasteiger partial charge in [0.2, 0.25) is 5.69 Å². The first-order valence-corrected chi connectivity index (χ1v) is 24.7. The Balaban J connectivity index is 1.16. The molecule has 6 aromatic rings. The fourth-order valence-corrected chi connectivity index (χ4v) is 11.1. The quantitative estimate of drug-likeness (QED) is 0.0777. The number of phenolic OH excluding ortho intramolecular Hbond substituents is 1. The van der Waals surface area contributed by atoms with Gasteiger partial charge in [0.15, 0.2) is 5.71 Å². The predicted octanol–water partition coefficient (Wildman–Crippen LogP) is 15.9. The summed E-state index contributed by atoms with van der Waals surface area (Å²) < 4.78 is 9.80. The highest BCUT2D eigenvalue weighted by atomic mass is 16.5. The third kappa shape index (κ3) is 8.38. The molecule has 0 bridgehead atoms. The predicted molar refractivity (Wildman–Crippen MR) is 280 cm³/mol. The van der Waals surface area contributed by atoms with E-state index in [9.17, 15) is 5.11 Å². The number of unbranched alkanes of at least 4 members (excludes halogenated alkanes) is 4. The number of phenols is 1. The van der Waals surface area contributed by atoms with Crippen LogP contribution < -0.4 is 14.5 Å². The van der Waals surface area contributed by atoms with Crippen LogP contribution in [-0.2, 0) is 10.8 Å². The molecular formula is C61H68N3O2+. The van der Waals surface area contributed by atoms with E-state index in [4.69, 9.17) is 4.74 Å². The molecule has 1 aliphatic carbocycles. The second-order valence-corrected chi connectivity index (χ2v) is 19.5. The third-order valence-corrected chi connectivity index (χ3v) is 14.4. The summed E-state index contributed by atoms with van der Waals surface area (Å²) in [7, 11) is 0. The zero-order chi connectivity index (χ0) is 46.0. The standard InChI is InChI=1S/C61H67N3O2/c1-8-11-17-39-63-53-35-31-43-21-13-15-27-51(43)57(53)60(4,5)55(63)37-33-45-29-30-46(59(45)66-50-26-20-24-48(42-50)62(10-3)47-23-19-25-49(65)41-47)34-38-56-61(6,7)58-52-28-16-14-22-44(52)32-36-54(58)64(56)40-18-12-9-2/h13-16,19-28,31-38,41-42H,8-12,17-18,29-30,39-40H2,1-7H3/p+1. The van der Waals surface area contributed by atoms with Crippen molar-refractivity contribution in [1.29, 1.82) is 0 Å². The first-order chi connectivity index (χ1) is 32.0. The van der Waals surface area contributed by atoms with Crippen molar-refractivity contribution < 1.29 is 14.4 Å². The van der Waals surface area contributed by atoms with Crippen LogP contribution in [0.5, 0.6) is 11.5 Å². The fourth-order valence-electron chi connectivity index (χ4n) is 11.1. The number of aromatic hydroxyl groups is 1. The minimum absolute atomic E-state index is 0.194. The molecule has 0 saturated carbocycles. The molecule has 5 heteroatoms. The Morgan fingerprint density at radius 3 is 2.08 bits per heavy atom. The lowest BCUT2D eigenvalue weighted by atomic mass is 9.79. The first-order valence-electron chi connectivity index (χ1n) is 24.7. The molecule has 1 N–H and O–H groups in total. The average Bonchev–Trinajstić information content (AvgIpc) is 3.88. The van der Waals surface area contributed by atoms with Crippen LogP contribution in [0.3, 0.4) is 0 Å². The number of fused-ring (bicyclic) bond motifs is 6. The summed E-state index contributed by atoms with van der Waals surface area (Å²) >= 11 is 0. The number of ether oxygens (including phenoxy) is 1. The highest BCUT2D eigenvalue weighted by Crippen LogP contribution is 2.51. The molecular weight excluding hydrogens is 807 g/mol. The number of allylic oxidation sites excluding steroid dienone is 7. The van der Waals surface area contributed by atoms with Crippen LogP contribution in [0.15, 0.2) is 168 Å². The summed E-state index contributed by atoms with van der Waals surface area (Å²) in [5.41, 5.74) is 12.2.